The normalized spacial score (nSPS) is 11.5. The van der Waals surface area contributed by atoms with E-state index in [1.165, 1.54) is 18.2 Å². The molecule has 8 heteroatoms. The van der Waals surface area contributed by atoms with Gasteiger partial charge in [0.1, 0.15) is 0 Å². The highest BCUT2D eigenvalue weighted by Crippen LogP contribution is 2.25. The molecule has 5 nitrogen and oxygen atoms in total. The van der Waals surface area contributed by atoms with Crippen LogP contribution in [0.25, 0.3) is 0 Å². The Bertz CT molecular complexity index is 842. The molecule has 0 aliphatic carbocycles. The minimum Gasteiger partial charge on any atom is -0.324 e. The summed E-state index contributed by atoms with van der Waals surface area (Å²) in [6.45, 7) is 1.78. The maximum absolute atomic E-state index is 12.7. The van der Waals surface area contributed by atoms with E-state index in [0.717, 1.165) is 4.31 Å². The van der Waals surface area contributed by atoms with E-state index in [2.05, 4.69) is 5.32 Å². The highest BCUT2D eigenvalue weighted by Gasteiger charge is 2.25. The molecule has 0 unspecified atom stereocenters. The zero-order valence-electron chi connectivity index (χ0n) is 13.6. The monoisotopic (exact) mass is 400 g/mol. The van der Waals surface area contributed by atoms with Crippen LogP contribution >= 0.6 is 23.2 Å². The summed E-state index contributed by atoms with van der Waals surface area (Å²) in [4.78, 5) is 12.5. The van der Waals surface area contributed by atoms with Crippen LogP contribution in [0.3, 0.4) is 0 Å². The number of hydrogen-bond acceptors (Lipinski definition) is 3. The highest BCUT2D eigenvalue weighted by atomic mass is 35.5. The third-order valence-electron chi connectivity index (χ3n) is 3.38. The van der Waals surface area contributed by atoms with Crippen molar-refractivity contribution < 1.29 is 13.2 Å². The van der Waals surface area contributed by atoms with Gasteiger partial charge in [-0.1, -0.05) is 48.3 Å². The summed E-state index contributed by atoms with van der Waals surface area (Å²) in [7, 11) is -3.75. The predicted molar refractivity (Wildman–Crippen MR) is 101 cm³/mol. The summed E-state index contributed by atoms with van der Waals surface area (Å²) in [5.74, 6) is -0.475. The van der Waals surface area contributed by atoms with Crippen LogP contribution < -0.4 is 5.32 Å². The molecule has 0 saturated heterocycles. The van der Waals surface area contributed by atoms with Gasteiger partial charge in [0.15, 0.2) is 0 Å². The Balaban J connectivity index is 2.17. The van der Waals surface area contributed by atoms with Crippen molar-refractivity contribution in [2.75, 3.05) is 18.4 Å². The van der Waals surface area contributed by atoms with Crippen LogP contribution in [-0.4, -0.2) is 31.7 Å². The molecule has 0 heterocycles. The second-order valence-corrected chi connectivity index (χ2v) is 8.11. The molecule has 0 aromatic heterocycles. The summed E-state index contributed by atoms with van der Waals surface area (Å²) < 4.78 is 26.6. The molecule has 0 fully saturated rings. The van der Waals surface area contributed by atoms with Crippen molar-refractivity contribution >= 4 is 44.8 Å². The first kappa shape index (κ1) is 19.7. The molecule has 1 amide bonds. The van der Waals surface area contributed by atoms with E-state index in [-0.39, 0.29) is 23.0 Å². The smallest absolute Gasteiger partial charge is 0.243 e. The number of amides is 1. The lowest BCUT2D eigenvalue weighted by atomic mass is 10.3. The van der Waals surface area contributed by atoms with E-state index >= 15 is 0 Å². The van der Waals surface area contributed by atoms with Gasteiger partial charge < -0.3 is 5.32 Å². The lowest BCUT2D eigenvalue weighted by Gasteiger charge is -2.21. The van der Waals surface area contributed by atoms with Crippen LogP contribution in [0.4, 0.5) is 5.69 Å². The van der Waals surface area contributed by atoms with Gasteiger partial charge in [0.25, 0.3) is 0 Å². The first-order valence-corrected chi connectivity index (χ1v) is 9.84. The fraction of sp³-hybridized carbons (Fsp3) is 0.235. The Morgan fingerprint density at radius 1 is 1.12 bits per heavy atom. The van der Waals surface area contributed by atoms with Gasteiger partial charge in [-0.2, -0.15) is 4.31 Å². The quantitative estimate of drug-likeness (QED) is 0.762. The van der Waals surface area contributed by atoms with Gasteiger partial charge in [-0.25, -0.2) is 8.42 Å². The van der Waals surface area contributed by atoms with E-state index < -0.39 is 15.9 Å². The summed E-state index contributed by atoms with van der Waals surface area (Å²) in [5.41, 5.74) is 0.379. The maximum atomic E-state index is 12.7. The number of carbonyl (C=O) groups excluding carboxylic acids is 1. The summed E-state index contributed by atoms with van der Waals surface area (Å²) in [6, 6.07) is 12.7. The standard InChI is InChI=1S/C17H18Cl2N2O3S/c1-2-10-21(25(23,24)14-6-4-3-5-7-14)12-17(22)20-16-9-8-13(18)11-15(16)19/h3-9,11H,2,10,12H2,1H3,(H,20,22). The summed E-state index contributed by atoms with van der Waals surface area (Å²) in [6.07, 6.45) is 0.584. The Labute approximate surface area is 157 Å². The molecule has 0 radical (unpaired) electrons. The molecule has 0 saturated carbocycles. The van der Waals surface area contributed by atoms with Crippen molar-refractivity contribution in [2.45, 2.75) is 18.2 Å². The Hall–Kier alpha value is -1.60. The average Bonchev–Trinajstić information content (AvgIpc) is 2.58. The number of nitrogens with one attached hydrogen (secondary N) is 1. The van der Waals surface area contributed by atoms with Gasteiger partial charge in [0, 0.05) is 11.6 Å². The van der Waals surface area contributed by atoms with Crippen molar-refractivity contribution in [1.82, 2.24) is 4.31 Å². The molecule has 25 heavy (non-hydrogen) atoms. The largest absolute Gasteiger partial charge is 0.324 e. The zero-order valence-corrected chi connectivity index (χ0v) is 15.9. The predicted octanol–water partition coefficient (Wildman–Crippen LogP) is 4.03. The van der Waals surface area contributed by atoms with Crippen LogP contribution in [0, 0.1) is 0 Å². The number of carbonyl (C=O) groups is 1. The second kappa shape index (κ2) is 8.67. The summed E-state index contributed by atoms with van der Waals surface area (Å²) >= 11 is 11.8. The molecule has 2 aromatic carbocycles. The van der Waals surface area contributed by atoms with Crippen LogP contribution in [0.15, 0.2) is 53.4 Å². The van der Waals surface area contributed by atoms with E-state index in [4.69, 9.17) is 23.2 Å². The summed E-state index contributed by atoms with van der Waals surface area (Å²) in [5, 5.41) is 3.35. The van der Waals surface area contributed by atoms with Crippen LogP contribution in [0.2, 0.25) is 10.0 Å². The van der Waals surface area contributed by atoms with Gasteiger partial charge in [-0.3, -0.25) is 4.79 Å². The van der Waals surface area contributed by atoms with Gasteiger partial charge in [0.2, 0.25) is 15.9 Å². The van der Waals surface area contributed by atoms with Crippen LogP contribution in [0.5, 0.6) is 0 Å². The minimum absolute atomic E-state index is 0.153. The third kappa shape index (κ3) is 5.19. The molecule has 2 rings (SSSR count). The second-order valence-electron chi connectivity index (χ2n) is 5.32. The third-order valence-corrected chi connectivity index (χ3v) is 5.79. The molecule has 0 aliphatic heterocycles. The van der Waals surface area contributed by atoms with Crippen LogP contribution in [0.1, 0.15) is 13.3 Å². The minimum atomic E-state index is -3.75. The number of benzene rings is 2. The number of sulfonamides is 1. The topological polar surface area (TPSA) is 66.5 Å². The molecule has 0 atom stereocenters. The van der Waals surface area contributed by atoms with Crippen molar-refractivity contribution in [2.24, 2.45) is 0 Å². The van der Waals surface area contributed by atoms with Gasteiger partial charge >= 0.3 is 0 Å². The molecule has 0 aliphatic rings. The van der Waals surface area contributed by atoms with E-state index in [0.29, 0.717) is 17.1 Å². The van der Waals surface area contributed by atoms with Gasteiger partial charge in [-0.05, 0) is 36.8 Å². The van der Waals surface area contributed by atoms with Gasteiger partial charge in [-0.15, -0.1) is 0 Å². The molecule has 1 N–H and O–H groups in total. The SMILES string of the molecule is CCCN(CC(=O)Nc1ccc(Cl)cc1Cl)S(=O)(=O)c1ccccc1. The lowest BCUT2D eigenvalue weighted by Crippen LogP contribution is -2.38. The fourth-order valence-corrected chi connectivity index (χ4v) is 4.18. The molecule has 0 bridgehead atoms. The lowest BCUT2D eigenvalue weighted by molar-refractivity contribution is -0.116. The molecular weight excluding hydrogens is 383 g/mol. The molecule has 2 aromatic rings. The molecular formula is C17H18Cl2N2O3S. The van der Waals surface area contributed by atoms with Crippen molar-refractivity contribution in [3.8, 4) is 0 Å². The Morgan fingerprint density at radius 3 is 2.40 bits per heavy atom. The first-order valence-electron chi connectivity index (χ1n) is 7.64. The van der Waals surface area contributed by atoms with Crippen molar-refractivity contribution in [1.29, 1.82) is 0 Å². The number of rotatable bonds is 7. The van der Waals surface area contributed by atoms with E-state index in [9.17, 15) is 13.2 Å². The van der Waals surface area contributed by atoms with Gasteiger partial charge in [0.05, 0.1) is 22.2 Å². The van der Waals surface area contributed by atoms with Crippen molar-refractivity contribution in [3.05, 3.63) is 58.6 Å². The number of halogens is 2. The van der Waals surface area contributed by atoms with Crippen LogP contribution in [-0.2, 0) is 14.8 Å². The first-order chi connectivity index (χ1) is 11.8. The highest BCUT2D eigenvalue weighted by molar-refractivity contribution is 7.89. The van der Waals surface area contributed by atoms with E-state index in [1.807, 2.05) is 6.92 Å². The average molecular weight is 401 g/mol. The van der Waals surface area contributed by atoms with Crippen molar-refractivity contribution in [3.63, 3.8) is 0 Å². The maximum Gasteiger partial charge on any atom is 0.243 e. The van der Waals surface area contributed by atoms with E-state index in [1.54, 1.807) is 30.3 Å². The molecule has 134 valence electrons. The fourth-order valence-electron chi connectivity index (χ4n) is 2.22. The number of anilines is 1. The Kier molecular flexibility index (Phi) is 6.84. The molecule has 0 spiro atoms. The number of hydrogen-bond donors (Lipinski definition) is 1. The Morgan fingerprint density at radius 2 is 1.80 bits per heavy atom. The number of nitrogens with zero attached hydrogens (tertiary/aromatic N) is 1. The zero-order chi connectivity index (χ0) is 18.4.